The summed E-state index contributed by atoms with van der Waals surface area (Å²) in [6, 6.07) is 18.5. The molecule has 5 heteroatoms. The smallest absolute Gasteiger partial charge is 0.253 e. The zero-order valence-electron chi connectivity index (χ0n) is 15.7. The minimum absolute atomic E-state index is 0.0541. The molecule has 0 aliphatic carbocycles. The molecule has 0 saturated heterocycles. The molecular weight excluding hydrogens is 336 g/mol. The van der Waals surface area contributed by atoms with Crippen LogP contribution in [0.2, 0.25) is 0 Å². The second-order valence-electron chi connectivity index (χ2n) is 7.28. The molecule has 3 aromatic rings. The van der Waals surface area contributed by atoms with Gasteiger partial charge < -0.3 is 4.90 Å². The fraction of sp³-hybridized carbons (Fsp3) is 0.273. The average Bonchev–Trinajstić information content (AvgIpc) is 3.23. The van der Waals surface area contributed by atoms with E-state index in [2.05, 4.69) is 46.4 Å². The Morgan fingerprint density at radius 2 is 1.89 bits per heavy atom. The molecule has 1 aromatic heterocycles. The Balaban J connectivity index is 1.43. The van der Waals surface area contributed by atoms with E-state index in [-0.39, 0.29) is 5.91 Å². The van der Waals surface area contributed by atoms with Crippen molar-refractivity contribution >= 4 is 5.91 Å². The first kappa shape index (κ1) is 17.5. The number of amides is 1. The van der Waals surface area contributed by atoms with Crippen LogP contribution in [0, 0.1) is 0 Å². The standard InChI is InChI=1S/C22H24N4O/c1-25-14-19-6-4-3-5-18(19)13-20(25)15-26(2)22(27)17-9-7-16(8-10-17)21-11-12-23-24-21/h3-12,20H,13-15H2,1-2H3,(H,23,24)/t20-/m1/s1. The number of likely N-dealkylation sites (N-methyl/N-ethyl adjacent to an activating group) is 2. The monoisotopic (exact) mass is 360 g/mol. The van der Waals surface area contributed by atoms with Gasteiger partial charge in [-0.05, 0) is 48.4 Å². The van der Waals surface area contributed by atoms with Gasteiger partial charge in [-0.15, -0.1) is 0 Å². The van der Waals surface area contributed by atoms with Crippen molar-refractivity contribution in [1.29, 1.82) is 0 Å². The lowest BCUT2D eigenvalue weighted by Gasteiger charge is -2.36. The number of aromatic amines is 1. The van der Waals surface area contributed by atoms with Crippen LogP contribution in [-0.4, -0.2) is 52.6 Å². The highest BCUT2D eigenvalue weighted by atomic mass is 16.2. The maximum Gasteiger partial charge on any atom is 0.253 e. The Hall–Kier alpha value is -2.92. The molecule has 1 aliphatic rings. The molecule has 2 aromatic carbocycles. The maximum atomic E-state index is 12.9. The van der Waals surface area contributed by atoms with E-state index < -0.39 is 0 Å². The number of nitrogens with zero attached hydrogens (tertiary/aromatic N) is 3. The van der Waals surface area contributed by atoms with E-state index in [0.717, 1.165) is 24.2 Å². The Bertz CT molecular complexity index is 918. The molecule has 138 valence electrons. The highest BCUT2D eigenvalue weighted by Gasteiger charge is 2.25. The van der Waals surface area contributed by atoms with Gasteiger partial charge in [0.2, 0.25) is 0 Å². The number of fused-ring (bicyclic) bond motifs is 1. The van der Waals surface area contributed by atoms with Crippen molar-refractivity contribution in [3.8, 4) is 11.3 Å². The summed E-state index contributed by atoms with van der Waals surface area (Å²) < 4.78 is 0. The van der Waals surface area contributed by atoms with E-state index >= 15 is 0 Å². The summed E-state index contributed by atoms with van der Waals surface area (Å²) in [5.74, 6) is 0.0541. The Morgan fingerprint density at radius 1 is 1.15 bits per heavy atom. The van der Waals surface area contributed by atoms with Crippen LogP contribution < -0.4 is 0 Å². The summed E-state index contributed by atoms with van der Waals surface area (Å²) in [4.78, 5) is 17.0. The third-order valence-corrected chi connectivity index (χ3v) is 5.39. The first-order valence-electron chi connectivity index (χ1n) is 9.24. The van der Waals surface area contributed by atoms with Gasteiger partial charge in [0.15, 0.2) is 0 Å². The highest BCUT2D eigenvalue weighted by Crippen LogP contribution is 2.23. The van der Waals surface area contributed by atoms with Crippen molar-refractivity contribution in [3.05, 3.63) is 77.5 Å². The first-order valence-corrected chi connectivity index (χ1v) is 9.24. The van der Waals surface area contributed by atoms with Gasteiger partial charge in [0.25, 0.3) is 5.91 Å². The molecule has 0 unspecified atom stereocenters. The molecule has 2 heterocycles. The number of nitrogens with one attached hydrogen (secondary N) is 1. The SMILES string of the molecule is CN(C[C@H]1Cc2ccccc2CN1C)C(=O)c1ccc(-c2ccn[nH]2)cc1. The van der Waals surface area contributed by atoms with Crippen LogP contribution in [0.4, 0.5) is 0 Å². The van der Waals surface area contributed by atoms with Gasteiger partial charge in [-0.3, -0.25) is 14.8 Å². The van der Waals surface area contributed by atoms with Crippen LogP contribution >= 0.6 is 0 Å². The second kappa shape index (κ2) is 7.37. The topological polar surface area (TPSA) is 52.2 Å². The van der Waals surface area contributed by atoms with E-state index in [1.165, 1.54) is 11.1 Å². The Morgan fingerprint density at radius 3 is 2.59 bits per heavy atom. The number of H-pyrrole nitrogens is 1. The molecule has 4 rings (SSSR count). The van der Waals surface area contributed by atoms with Gasteiger partial charge in [-0.2, -0.15) is 5.10 Å². The zero-order valence-corrected chi connectivity index (χ0v) is 15.7. The summed E-state index contributed by atoms with van der Waals surface area (Å²) in [6.45, 7) is 1.65. The van der Waals surface area contributed by atoms with Gasteiger partial charge in [-0.1, -0.05) is 36.4 Å². The number of hydrogen-bond donors (Lipinski definition) is 1. The van der Waals surface area contributed by atoms with E-state index in [1.807, 2.05) is 42.3 Å². The Kier molecular flexibility index (Phi) is 4.77. The predicted octanol–water partition coefficient (Wildman–Crippen LogP) is 3.21. The van der Waals surface area contributed by atoms with Crippen LogP contribution in [0.1, 0.15) is 21.5 Å². The van der Waals surface area contributed by atoms with Crippen molar-refractivity contribution in [3.63, 3.8) is 0 Å². The number of hydrogen-bond acceptors (Lipinski definition) is 3. The molecule has 1 amide bonds. The quantitative estimate of drug-likeness (QED) is 0.777. The third-order valence-electron chi connectivity index (χ3n) is 5.39. The van der Waals surface area contributed by atoms with E-state index in [4.69, 9.17) is 0 Å². The van der Waals surface area contributed by atoms with Gasteiger partial charge in [0, 0.05) is 37.9 Å². The molecular formula is C22H24N4O. The molecule has 0 saturated carbocycles. The summed E-state index contributed by atoms with van der Waals surface area (Å²) in [6.07, 6.45) is 2.70. The molecule has 0 spiro atoms. The van der Waals surface area contributed by atoms with E-state index in [9.17, 15) is 4.79 Å². The molecule has 5 nitrogen and oxygen atoms in total. The first-order chi connectivity index (χ1) is 13.1. The fourth-order valence-electron chi connectivity index (χ4n) is 3.75. The summed E-state index contributed by atoms with van der Waals surface area (Å²) in [5.41, 5.74) is 5.46. The summed E-state index contributed by atoms with van der Waals surface area (Å²) in [7, 11) is 4.03. The molecule has 27 heavy (non-hydrogen) atoms. The van der Waals surface area contributed by atoms with Crippen LogP contribution in [0.25, 0.3) is 11.3 Å². The van der Waals surface area contributed by atoms with Crippen molar-refractivity contribution < 1.29 is 4.79 Å². The van der Waals surface area contributed by atoms with Crippen molar-refractivity contribution in [1.82, 2.24) is 20.0 Å². The van der Waals surface area contributed by atoms with Crippen LogP contribution in [0.5, 0.6) is 0 Å². The number of aromatic nitrogens is 2. The van der Waals surface area contributed by atoms with Gasteiger partial charge in [0.05, 0.1) is 5.69 Å². The third kappa shape index (κ3) is 3.64. The van der Waals surface area contributed by atoms with Gasteiger partial charge >= 0.3 is 0 Å². The lowest BCUT2D eigenvalue weighted by molar-refractivity contribution is 0.0733. The van der Waals surface area contributed by atoms with Gasteiger partial charge in [-0.25, -0.2) is 0 Å². The molecule has 1 atom stereocenters. The predicted molar refractivity (Wildman–Crippen MR) is 106 cm³/mol. The number of benzene rings is 2. The molecule has 1 aliphatic heterocycles. The van der Waals surface area contributed by atoms with Crippen LogP contribution in [-0.2, 0) is 13.0 Å². The maximum absolute atomic E-state index is 12.9. The average molecular weight is 360 g/mol. The van der Waals surface area contributed by atoms with Crippen molar-refractivity contribution in [2.75, 3.05) is 20.6 Å². The van der Waals surface area contributed by atoms with Crippen LogP contribution in [0.15, 0.2) is 60.8 Å². The van der Waals surface area contributed by atoms with Gasteiger partial charge in [0.1, 0.15) is 0 Å². The normalized spacial score (nSPS) is 16.7. The van der Waals surface area contributed by atoms with Crippen molar-refractivity contribution in [2.24, 2.45) is 0 Å². The number of rotatable bonds is 4. The molecule has 0 fully saturated rings. The Labute approximate surface area is 159 Å². The second-order valence-corrected chi connectivity index (χ2v) is 7.28. The minimum Gasteiger partial charge on any atom is -0.340 e. The zero-order chi connectivity index (χ0) is 18.8. The fourth-order valence-corrected chi connectivity index (χ4v) is 3.75. The number of carbonyl (C=O) groups is 1. The molecule has 0 radical (unpaired) electrons. The van der Waals surface area contributed by atoms with Crippen LogP contribution in [0.3, 0.4) is 0 Å². The molecule has 0 bridgehead atoms. The summed E-state index contributed by atoms with van der Waals surface area (Å²) >= 11 is 0. The largest absolute Gasteiger partial charge is 0.340 e. The van der Waals surface area contributed by atoms with E-state index in [1.54, 1.807) is 6.20 Å². The van der Waals surface area contributed by atoms with Crippen molar-refractivity contribution in [2.45, 2.75) is 19.0 Å². The van der Waals surface area contributed by atoms with E-state index in [0.29, 0.717) is 18.2 Å². The highest BCUT2D eigenvalue weighted by molar-refractivity contribution is 5.94. The summed E-state index contributed by atoms with van der Waals surface area (Å²) in [5, 5.41) is 6.91. The number of carbonyl (C=O) groups excluding carboxylic acids is 1. The lowest BCUT2D eigenvalue weighted by Crippen LogP contribution is -2.46. The molecule has 1 N–H and O–H groups in total. The minimum atomic E-state index is 0.0541. The lowest BCUT2D eigenvalue weighted by atomic mass is 9.94.